The van der Waals surface area contributed by atoms with Gasteiger partial charge in [-0.25, -0.2) is 0 Å². The molecule has 0 bridgehead atoms. The maximum atomic E-state index is 11.6. The summed E-state index contributed by atoms with van der Waals surface area (Å²) in [7, 11) is 0. The zero-order valence-corrected chi connectivity index (χ0v) is 17.5. The van der Waals surface area contributed by atoms with Gasteiger partial charge in [0.25, 0.3) is 0 Å². The van der Waals surface area contributed by atoms with Crippen molar-refractivity contribution in [2.75, 3.05) is 57.3 Å². The average Bonchev–Trinajstić information content (AvgIpc) is 2.70. The third kappa shape index (κ3) is 5.55. The molecule has 2 aliphatic heterocycles. The molecular formula is C23H37N3O. The van der Waals surface area contributed by atoms with Gasteiger partial charge in [0.1, 0.15) is 5.78 Å². The van der Waals surface area contributed by atoms with E-state index in [2.05, 4.69) is 46.7 Å². The van der Waals surface area contributed by atoms with Gasteiger partial charge in [-0.3, -0.25) is 14.6 Å². The van der Waals surface area contributed by atoms with Crippen LogP contribution in [-0.2, 0) is 4.79 Å². The number of ketones is 1. The summed E-state index contributed by atoms with van der Waals surface area (Å²) in [5.74, 6) is 1.23. The second kappa shape index (κ2) is 9.70. The first-order valence-corrected chi connectivity index (χ1v) is 10.8. The van der Waals surface area contributed by atoms with E-state index in [4.69, 9.17) is 0 Å². The molecule has 1 aromatic rings. The number of aryl methyl sites for hydroxylation is 1. The molecule has 0 aliphatic carbocycles. The summed E-state index contributed by atoms with van der Waals surface area (Å²) in [5.41, 5.74) is 4.24. The topological polar surface area (TPSA) is 26.8 Å². The van der Waals surface area contributed by atoms with Gasteiger partial charge in [-0.2, -0.15) is 0 Å². The highest BCUT2D eigenvalue weighted by Gasteiger charge is 2.23. The van der Waals surface area contributed by atoms with Crippen molar-refractivity contribution >= 4 is 11.5 Å². The normalized spacial score (nSPS) is 20.2. The fraction of sp³-hybridized carbons (Fsp3) is 0.696. The first-order valence-electron chi connectivity index (χ1n) is 10.8. The van der Waals surface area contributed by atoms with E-state index in [-0.39, 0.29) is 0 Å². The molecule has 0 spiro atoms. The Morgan fingerprint density at radius 3 is 2.37 bits per heavy atom. The zero-order valence-electron chi connectivity index (χ0n) is 17.5. The minimum atomic E-state index is 0.384. The van der Waals surface area contributed by atoms with Crippen LogP contribution in [0.2, 0.25) is 0 Å². The molecule has 0 radical (unpaired) electrons. The molecule has 2 saturated heterocycles. The molecule has 4 nitrogen and oxygen atoms in total. The Morgan fingerprint density at radius 2 is 1.70 bits per heavy atom. The number of benzene rings is 1. The molecule has 0 amide bonds. The number of carbonyl (C=O) groups excluding carboxylic acids is 1. The third-order valence-corrected chi connectivity index (χ3v) is 6.64. The molecule has 0 atom stereocenters. The van der Waals surface area contributed by atoms with Crippen molar-refractivity contribution in [3.63, 3.8) is 0 Å². The predicted octanol–water partition coefficient (Wildman–Crippen LogP) is 3.51. The minimum Gasteiger partial charge on any atom is -0.369 e. The van der Waals surface area contributed by atoms with E-state index in [0.717, 1.165) is 32.1 Å². The van der Waals surface area contributed by atoms with Crippen molar-refractivity contribution in [1.29, 1.82) is 0 Å². The third-order valence-electron chi connectivity index (χ3n) is 6.64. The highest BCUT2D eigenvalue weighted by Crippen LogP contribution is 2.25. The minimum absolute atomic E-state index is 0.384. The second-order valence-electron chi connectivity index (χ2n) is 8.45. The smallest absolute Gasteiger partial charge is 0.146 e. The number of piperidine rings is 1. The molecule has 2 aliphatic rings. The van der Waals surface area contributed by atoms with Crippen LogP contribution in [-0.4, -0.2) is 67.9 Å². The molecule has 1 aromatic carbocycles. The Kier molecular flexibility index (Phi) is 7.31. The summed E-state index contributed by atoms with van der Waals surface area (Å²) in [6, 6.07) is 6.66. The maximum absolute atomic E-state index is 11.6. The summed E-state index contributed by atoms with van der Waals surface area (Å²) in [4.78, 5) is 19.2. The number of piperazine rings is 1. The maximum Gasteiger partial charge on any atom is 0.146 e. The van der Waals surface area contributed by atoms with Crippen molar-refractivity contribution in [3.05, 3.63) is 29.3 Å². The van der Waals surface area contributed by atoms with Gasteiger partial charge in [-0.15, -0.1) is 0 Å². The van der Waals surface area contributed by atoms with Crippen molar-refractivity contribution in [2.45, 2.75) is 46.5 Å². The number of carbonyl (C=O) groups is 1. The van der Waals surface area contributed by atoms with Crippen molar-refractivity contribution in [3.8, 4) is 0 Å². The highest BCUT2D eigenvalue weighted by molar-refractivity contribution is 5.80. The van der Waals surface area contributed by atoms with Gasteiger partial charge in [0, 0.05) is 38.3 Å². The van der Waals surface area contributed by atoms with Gasteiger partial charge in [0.15, 0.2) is 0 Å². The summed E-state index contributed by atoms with van der Waals surface area (Å²) >= 11 is 0. The summed E-state index contributed by atoms with van der Waals surface area (Å²) in [5, 5.41) is 0. The zero-order chi connectivity index (χ0) is 19.2. The lowest BCUT2D eigenvalue weighted by atomic mass is 9.93. The number of anilines is 1. The van der Waals surface area contributed by atoms with E-state index in [1.165, 1.54) is 55.7 Å². The molecule has 0 N–H and O–H groups in total. The van der Waals surface area contributed by atoms with Crippen LogP contribution < -0.4 is 4.90 Å². The van der Waals surface area contributed by atoms with Crippen molar-refractivity contribution < 1.29 is 4.79 Å². The van der Waals surface area contributed by atoms with E-state index >= 15 is 0 Å². The lowest BCUT2D eigenvalue weighted by Crippen LogP contribution is -2.47. The lowest BCUT2D eigenvalue weighted by molar-refractivity contribution is -0.120. The predicted molar refractivity (Wildman–Crippen MR) is 114 cm³/mol. The lowest BCUT2D eigenvalue weighted by Gasteiger charge is -2.38. The first-order chi connectivity index (χ1) is 13.1. The summed E-state index contributed by atoms with van der Waals surface area (Å²) in [6.07, 6.45) is 4.52. The summed E-state index contributed by atoms with van der Waals surface area (Å²) in [6.45, 7) is 15.2. The van der Waals surface area contributed by atoms with Gasteiger partial charge < -0.3 is 4.90 Å². The molecule has 4 heteroatoms. The molecule has 2 fully saturated rings. The van der Waals surface area contributed by atoms with Crippen LogP contribution in [0.3, 0.4) is 0 Å². The van der Waals surface area contributed by atoms with Gasteiger partial charge >= 0.3 is 0 Å². The van der Waals surface area contributed by atoms with Crippen molar-refractivity contribution in [2.24, 2.45) is 5.92 Å². The number of rotatable bonds is 7. The fourth-order valence-corrected chi connectivity index (χ4v) is 4.45. The van der Waals surface area contributed by atoms with Crippen LogP contribution in [0, 0.1) is 19.8 Å². The van der Waals surface area contributed by atoms with Crippen LogP contribution in [0.15, 0.2) is 18.2 Å². The van der Waals surface area contributed by atoms with Gasteiger partial charge in [0.2, 0.25) is 0 Å². The van der Waals surface area contributed by atoms with E-state index in [9.17, 15) is 4.79 Å². The number of likely N-dealkylation sites (tertiary alicyclic amines) is 1. The van der Waals surface area contributed by atoms with Crippen LogP contribution >= 0.6 is 0 Å². The Balaban J connectivity index is 1.37. The average molecular weight is 372 g/mol. The highest BCUT2D eigenvalue weighted by atomic mass is 16.1. The van der Waals surface area contributed by atoms with Gasteiger partial charge in [0.05, 0.1) is 6.54 Å². The molecule has 3 rings (SSSR count). The fourth-order valence-electron chi connectivity index (χ4n) is 4.45. The van der Waals surface area contributed by atoms with Crippen LogP contribution in [0.4, 0.5) is 5.69 Å². The van der Waals surface area contributed by atoms with Crippen LogP contribution in [0.25, 0.3) is 0 Å². The van der Waals surface area contributed by atoms with Gasteiger partial charge in [-0.05, 0) is 75.9 Å². The molecule has 27 heavy (non-hydrogen) atoms. The monoisotopic (exact) mass is 371 g/mol. The molecule has 0 saturated carbocycles. The Morgan fingerprint density at radius 1 is 1.00 bits per heavy atom. The first kappa shape index (κ1) is 20.3. The molecule has 2 heterocycles. The van der Waals surface area contributed by atoms with E-state index < -0.39 is 0 Å². The molecule has 150 valence electrons. The largest absolute Gasteiger partial charge is 0.369 e. The van der Waals surface area contributed by atoms with Crippen molar-refractivity contribution in [1.82, 2.24) is 9.80 Å². The number of Topliss-reactive ketones (excluding diaryl/α,β-unsaturated/α-hetero) is 1. The van der Waals surface area contributed by atoms with E-state index in [0.29, 0.717) is 18.7 Å². The standard InChI is InChI=1S/C23H37N3O/c1-4-22(27)18-25-12-9-21(10-13-25)8-11-24-14-16-26(17-15-24)23-7-5-6-19(2)20(23)3/h5-7,21H,4,8-18H2,1-3H3. The van der Waals surface area contributed by atoms with E-state index in [1.54, 1.807) is 0 Å². The number of hydrogen-bond acceptors (Lipinski definition) is 4. The van der Waals surface area contributed by atoms with Crippen LogP contribution in [0.1, 0.15) is 43.7 Å². The number of hydrogen-bond donors (Lipinski definition) is 0. The van der Waals surface area contributed by atoms with Crippen LogP contribution in [0.5, 0.6) is 0 Å². The summed E-state index contributed by atoms with van der Waals surface area (Å²) < 4.78 is 0. The molecule has 0 unspecified atom stereocenters. The Hall–Kier alpha value is -1.39. The SMILES string of the molecule is CCC(=O)CN1CCC(CCN2CCN(c3cccc(C)c3C)CC2)CC1. The number of nitrogens with zero attached hydrogens (tertiary/aromatic N) is 3. The second-order valence-corrected chi connectivity index (χ2v) is 8.45. The van der Waals surface area contributed by atoms with E-state index in [1.807, 2.05) is 6.92 Å². The molecular weight excluding hydrogens is 334 g/mol. The Bertz CT molecular complexity index is 614. The quantitative estimate of drug-likeness (QED) is 0.733. The van der Waals surface area contributed by atoms with Gasteiger partial charge in [-0.1, -0.05) is 19.1 Å². The molecule has 0 aromatic heterocycles. The Labute approximate surface area is 165 Å².